The molecule has 1 heterocycles. The van der Waals surface area contributed by atoms with Crippen molar-refractivity contribution in [3.8, 4) is 0 Å². The zero-order chi connectivity index (χ0) is 8.27. The van der Waals surface area contributed by atoms with Crippen LogP contribution in [0.3, 0.4) is 0 Å². The first-order valence-electron chi connectivity index (χ1n) is 4.51. The van der Waals surface area contributed by atoms with E-state index in [0.717, 1.165) is 13.2 Å². The topological polar surface area (TPSA) is 12.5 Å². The van der Waals surface area contributed by atoms with E-state index in [1.54, 1.807) is 0 Å². The molecule has 0 amide bonds. The number of nitrogens with zero attached hydrogens (tertiary/aromatic N) is 1. The van der Waals surface area contributed by atoms with E-state index in [9.17, 15) is 0 Å². The lowest BCUT2D eigenvalue weighted by atomic mass is 10.1. The Bertz CT molecular complexity index is 108. The van der Waals surface area contributed by atoms with E-state index in [4.69, 9.17) is 4.74 Å². The Morgan fingerprint density at radius 3 is 2.64 bits per heavy atom. The third kappa shape index (κ3) is 2.46. The SMILES string of the molecule is CC(C)N(C)C1CCCOC1. The minimum Gasteiger partial charge on any atom is -0.380 e. The Morgan fingerprint density at radius 1 is 1.45 bits per heavy atom. The number of likely N-dealkylation sites (N-methyl/N-ethyl adjacent to an activating group) is 1. The van der Waals surface area contributed by atoms with Gasteiger partial charge < -0.3 is 4.74 Å². The van der Waals surface area contributed by atoms with Crippen molar-refractivity contribution in [3.05, 3.63) is 0 Å². The zero-order valence-corrected chi connectivity index (χ0v) is 7.84. The largest absolute Gasteiger partial charge is 0.380 e. The standard InChI is InChI=1S/C9H19NO/c1-8(2)10(3)9-5-4-6-11-7-9/h8-9H,4-7H2,1-3H3. The lowest BCUT2D eigenvalue weighted by molar-refractivity contribution is 0.0174. The lowest BCUT2D eigenvalue weighted by Crippen LogP contribution is -2.42. The van der Waals surface area contributed by atoms with E-state index in [-0.39, 0.29) is 0 Å². The van der Waals surface area contributed by atoms with Gasteiger partial charge in [-0.2, -0.15) is 0 Å². The Balaban J connectivity index is 2.32. The second-order valence-electron chi connectivity index (χ2n) is 3.63. The molecule has 1 aliphatic rings. The highest BCUT2D eigenvalue weighted by atomic mass is 16.5. The van der Waals surface area contributed by atoms with Gasteiger partial charge in [-0.05, 0) is 33.7 Å². The number of hydrogen-bond acceptors (Lipinski definition) is 2. The van der Waals surface area contributed by atoms with Crippen LogP contribution < -0.4 is 0 Å². The third-order valence-electron chi connectivity index (χ3n) is 2.53. The molecule has 0 N–H and O–H groups in total. The highest BCUT2D eigenvalue weighted by molar-refractivity contribution is 4.73. The molecule has 11 heavy (non-hydrogen) atoms. The molecule has 1 rings (SSSR count). The van der Waals surface area contributed by atoms with Crippen molar-refractivity contribution >= 4 is 0 Å². The quantitative estimate of drug-likeness (QED) is 0.602. The van der Waals surface area contributed by atoms with Crippen molar-refractivity contribution in [2.75, 3.05) is 20.3 Å². The summed E-state index contributed by atoms with van der Waals surface area (Å²) in [5.74, 6) is 0. The second-order valence-corrected chi connectivity index (χ2v) is 3.63. The lowest BCUT2D eigenvalue weighted by Gasteiger charge is -2.33. The van der Waals surface area contributed by atoms with Gasteiger partial charge in [0.05, 0.1) is 6.61 Å². The van der Waals surface area contributed by atoms with Crippen molar-refractivity contribution in [1.82, 2.24) is 4.90 Å². The van der Waals surface area contributed by atoms with E-state index in [0.29, 0.717) is 12.1 Å². The Hall–Kier alpha value is -0.0800. The van der Waals surface area contributed by atoms with Gasteiger partial charge in [0.1, 0.15) is 0 Å². The molecule has 1 aliphatic heterocycles. The van der Waals surface area contributed by atoms with Gasteiger partial charge in [-0.25, -0.2) is 0 Å². The molecule has 2 nitrogen and oxygen atoms in total. The zero-order valence-electron chi connectivity index (χ0n) is 7.84. The van der Waals surface area contributed by atoms with Gasteiger partial charge in [-0.15, -0.1) is 0 Å². The van der Waals surface area contributed by atoms with Crippen LogP contribution in [-0.2, 0) is 4.74 Å². The monoisotopic (exact) mass is 157 g/mol. The predicted molar refractivity (Wildman–Crippen MR) is 46.7 cm³/mol. The Morgan fingerprint density at radius 2 is 2.18 bits per heavy atom. The van der Waals surface area contributed by atoms with Crippen LogP contribution in [0, 0.1) is 0 Å². The summed E-state index contributed by atoms with van der Waals surface area (Å²) in [5.41, 5.74) is 0. The maximum atomic E-state index is 5.41. The van der Waals surface area contributed by atoms with Crippen LogP contribution in [0.2, 0.25) is 0 Å². The minimum absolute atomic E-state index is 0.640. The summed E-state index contributed by atoms with van der Waals surface area (Å²) in [4.78, 5) is 2.40. The highest BCUT2D eigenvalue weighted by Gasteiger charge is 2.19. The maximum Gasteiger partial charge on any atom is 0.0621 e. The summed E-state index contributed by atoms with van der Waals surface area (Å²) in [5, 5.41) is 0. The van der Waals surface area contributed by atoms with E-state index in [2.05, 4.69) is 25.8 Å². The molecule has 66 valence electrons. The molecule has 1 fully saturated rings. The van der Waals surface area contributed by atoms with Crippen molar-refractivity contribution < 1.29 is 4.74 Å². The fourth-order valence-corrected chi connectivity index (χ4v) is 1.47. The molecule has 0 aliphatic carbocycles. The molecular formula is C9H19NO. The number of hydrogen-bond donors (Lipinski definition) is 0. The summed E-state index contributed by atoms with van der Waals surface area (Å²) in [6.07, 6.45) is 2.52. The van der Waals surface area contributed by atoms with Crippen LogP contribution in [0.5, 0.6) is 0 Å². The summed E-state index contributed by atoms with van der Waals surface area (Å²) >= 11 is 0. The molecule has 0 spiro atoms. The Kier molecular flexibility index (Phi) is 3.34. The minimum atomic E-state index is 0.640. The number of rotatable bonds is 2. The summed E-state index contributed by atoms with van der Waals surface area (Å²) < 4.78 is 5.41. The second kappa shape index (κ2) is 4.07. The van der Waals surface area contributed by atoms with Gasteiger partial charge in [-0.1, -0.05) is 0 Å². The maximum absolute atomic E-state index is 5.41. The molecule has 1 atom stereocenters. The number of ether oxygens (including phenoxy) is 1. The smallest absolute Gasteiger partial charge is 0.0621 e. The van der Waals surface area contributed by atoms with Crippen molar-refractivity contribution in [1.29, 1.82) is 0 Å². The molecule has 1 saturated heterocycles. The molecule has 2 heteroatoms. The molecular weight excluding hydrogens is 138 g/mol. The third-order valence-corrected chi connectivity index (χ3v) is 2.53. The molecule has 0 aromatic heterocycles. The summed E-state index contributed by atoms with van der Waals surface area (Å²) in [6.45, 7) is 6.35. The molecule has 0 aromatic carbocycles. The van der Waals surface area contributed by atoms with Gasteiger partial charge >= 0.3 is 0 Å². The van der Waals surface area contributed by atoms with Gasteiger partial charge in [0.25, 0.3) is 0 Å². The van der Waals surface area contributed by atoms with Crippen molar-refractivity contribution in [2.24, 2.45) is 0 Å². The molecule has 0 bridgehead atoms. The molecule has 0 radical (unpaired) electrons. The van der Waals surface area contributed by atoms with Crippen molar-refractivity contribution in [2.45, 2.75) is 38.8 Å². The average molecular weight is 157 g/mol. The normalized spacial score (nSPS) is 26.5. The van der Waals surface area contributed by atoms with Crippen LogP contribution in [0.25, 0.3) is 0 Å². The van der Waals surface area contributed by atoms with Gasteiger partial charge in [0.2, 0.25) is 0 Å². The van der Waals surface area contributed by atoms with Crippen LogP contribution >= 0.6 is 0 Å². The first-order chi connectivity index (χ1) is 5.22. The average Bonchev–Trinajstić information content (AvgIpc) is 2.05. The summed E-state index contributed by atoms with van der Waals surface area (Å²) in [6, 6.07) is 1.30. The molecule has 1 unspecified atom stereocenters. The van der Waals surface area contributed by atoms with Crippen LogP contribution in [-0.4, -0.2) is 37.2 Å². The van der Waals surface area contributed by atoms with Crippen LogP contribution in [0.15, 0.2) is 0 Å². The van der Waals surface area contributed by atoms with Gasteiger partial charge in [0.15, 0.2) is 0 Å². The highest BCUT2D eigenvalue weighted by Crippen LogP contribution is 2.13. The van der Waals surface area contributed by atoms with Gasteiger partial charge in [0, 0.05) is 18.7 Å². The summed E-state index contributed by atoms with van der Waals surface area (Å²) in [7, 11) is 2.18. The predicted octanol–water partition coefficient (Wildman–Crippen LogP) is 1.51. The fourth-order valence-electron chi connectivity index (χ4n) is 1.47. The first kappa shape index (κ1) is 9.01. The molecule has 0 aromatic rings. The van der Waals surface area contributed by atoms with Gasteiger partial charge in [-0.3, -0.25) is 4.90 Å². The van der Waals surface area contributed by atoms with Crippen LogP contribution in [0.1, 0.15) is 26.7 Å². The first-order valence-corrected chi connectivity index (χ1v) is 4.51. The van der Waals surface area contributed by atoms with Crippen molar-refractivity contribution in [3.63, 3.8) is 0 Å². The molecule has 0 saturated carbocycles. The Labute approximate surface area is 69.5 Å². The van der Waals surface area contributed by atoms with E-state index in [1.165, 1.54) is 12.8 Å². The van der Waals surface area contributed by atoms with E-state index in [1.807, 2.05) is 0 Å². The fraction of sp³-hybridized carbons (Fsp3) is 1.00. The van der Waals surface area contributed by atoms with E-state index < -0.39 is 0 Å². The van der Waals surface area contributed by atoms with E-state index >= 15 is 0 Å². The van der Waals surface area contributed by atoms with Crippen LogP contribution in [0.4, 0.5) is 0 Å².